The number of aryl methyl sites for hydroxylation is 1. The van der Waals surface area contributed by atoms with Crippen LogP contribution in [0.15, 0.2) is 34.0 Å². The SMILES string of the molecule is CC1CN(C(=O)OC(C)(C)C)CCN1c1nc(=O)n2c3c(c(-c4ccc(F)cc4F)c(C(F)(F)F)cc13)SCCC2. The standard InChI is InChI=1S/C28H29F5N4O3S/c1-15-14-35(26(39)40-27(2,3)4)9-10-36(15)24-18-13-19(28(31,32)33)21(17-7-6-16(29)12-20(17)30)23-22(18)37(25(38)34-24)8-5-11-41-23/h6-7,12-13,15H,5,8-11,14H2,1-4H3. The van der Waals surface area contributed by atoms with Crippen LogP contribution in [0.4, 0.5) is 32.6 Å². The zero-order valence-corrected chi connectivity index (χ0v) is 23.8. The molecule has 0 N–H and O–H groups in total. The number of carbonyl (C=O) groups is 1. The second-order valence-corrected chi connectivity index (χ2v) is 12.3. The van der Waals surface area contributed by atoms with Crippen molar-refractivity contribution in [2.75, 3.05) is 30.3 Å². The maximum absolute atomic E-state index is 15.0. The van der Waals surface area contributed by atoms with Gasteiger partial charge in [-0.05, 0) is 58.1 Å². The number of piperazine rings is 1. The van der Waals surface area contributed by atoms with Crippen molar-refractivity contribution in [3.8, 4) is 11.1 Å². The zero-order valence-electron chi connectivity index (χ0n) is 22.9. The van der Waals surface area contributed by atoms with Gasteiger partial charge in [-0.2, -0.15) is 18.2 Å². The lowest BCUT2D eigenvalue weighted by Crippen LogP contribution is -2.55. The first-order chi connectivity index (χ1) is 19.2. The number of halogens is 5. The van der Waals surface area contributed by atoms with E-state index in [1.807, 2.05) is 0 Å². The number of alkyl halides is 3. The molecule has 2 aromatic carbocycles. The Hall–Kier alpha value is -3.35. The quantitative estimate of drug-likeness (QED) is 0.324. The molecule has 41 heavy (non-hydrogen) atoms. The Bertz CT molecular complexity index is 1580. The summed E-state index contributed by atoms with van der Waals surface area (Å²) in [6, 6.07) is 2.95. The highest BCUT2D eigenvalue weighted by atomic mass is 32.2. The number of anilines is 1. The molecular weight excluding hydrogens is 567 g/mol. The number of rotatable bonds is 2. The maximum Gasteiger partial charge on any atom is 0.417 e. The summed E-state index contributed by atoms with van der Waals surface area (Å²) in [5.41, 5.74) is -3.04. The van der Waals surface area contributed by atoms with Crippen LogP contribution < -0.4 is 10.6 Å². The van der Waals surface area contributed by atoms with Gasteiger partial charge in [0.25, 0.3) is 0 Å². The predicted molar refractivity (Wildman–Crippen MR) is 146 cm³/mol. The first-order valence-electron chi connectivity index (χ1n) is 13.2. The highest BCUT2D eigenvalue weighted by Gasteiger charge is 2.39. The fourth-order valence-corrected chi connectivity index (χ4v) is 6.50. The van der Waals surface area contributed by atoms with Crippen molar-refractivity contribution in [1.29, 1.82) is 0 Å². The van der Waals surface area contributed by atoms with Gasteiger partial charge < -0.3 is 14.5 Å². The molecule has 1 fully saturated rings. The molecule has 1 unspecified atom stereocenters. The topological polar surface area (TPSA) is 67.7 Å². The van der Waals surface area contributed by atoms with Crippen LogP contribution in [0.25, 0.3) is 22.0 Å². The highest BCUT2D eigenvalue weighted by molar-refractivity contribution is 7.99. The van der Waals surface area contributed by atoms with E-state index in [9.17, 15) is 31.5 Å². The van der Waals surface area contributed by atoms with E-state index < -0.39 is 57.9 Å². The van der Waals surface area contributed by atoms with Crippen LogP contribution in [0.5, 0.6) is 0 Å². The monoisotopic (exact) mass is 596 g/mol. The minimum Gasteiger partial charge on any atom is -0.444 e. The van der Waals surface area contributed by atoms with Gasteiger partial charge in [0.05, 0.1) is 11.1 Å². The largest absolute Gasteiger partial charge is 0.444 e. The molecule has 3 heterocycles. The van der Waals surface area contributed by atoms with E-state index in [1.165, 1.54) is 9.47 Å². The Labute approximate surface area is 237 Å². The molecule has 1 atom stereocenters. The second-order valence-electron chi connectivity index (χ2n) is 11.2. The molecule has 5 rings (SSSR count). The molecular formula is C28H29F5N4O3S. The van der Waals surface area contributed by atoms with Gasteiger partial charge in [-0.3, -0.25) is 4.57 Å². The van der Waals surface area contributed by atoms with Gasteiger partial charge in [0, 0.05) is 59.7 Å². The molecule has 1 saturated heterocycles. The Morgan fingerprint density at radius 1 is 1.10 bits per heavy atom. The van der Waals surface area contributed by atoms with Crippen LogP contribution in [0.2, 0.25) is 0 Å². The van der Waals surface area contributed by atoms with E-state index in [0.29, 0.717) is 18.2 Å². The third-order valence-corrected chi connectivity index (χ3v) is 8.21. The average Bonchev–Trinajstić information content (AvgIpc) is 3.09. The normalized spacial score (nSPS) is 18.0. The summed E-state index contributed by atoms with van der Waals surface area (Å²) in [6.07, 6.45) is -4.92. The first-order valence-corrected chi connectivity index (χ1v) is 14.2. The van der Waals surface area contributed by atoms with Gasteiger partial charge in [-0.25, -0.2) is 18.4 Å². The molecule has 0 spiro atoms. The summed E-state index contributed by atoms with van der Waals surface area (Å²) in [4.78, 5) is 33.6. The van der Waals surface area contributed by atoms with Crippen LogP contribution in [0, 0.1) is 11.6 Å². The van der Waals surface area contributed by atoms with Gasteiger partial charge in [-0.15, -0.1) is 11.8 Å². The molecule has 7 nitrogen and oxygen atoms in total. The number of ether oxygens (including phenoxy) is 1. The third-order valence-electron chi connectivity index (χ3n) is 7.03. The number of hydrogen-bond donors (Lipinski definition) is 0. The molecule has 220 valence electrons. The van der Waals surface area contributed by atoms with Crippen molar-refractivity contribution in [3.05, 3.63) is 51.9 Å². The van der Waals surface area contributed by atoms with Crippen LogP contribution in [0.3, 0.4) is 0 Å². The summed E-state index contributed by atoms with van der Waals surface area (Å²) in [5.74, 6) is -1.60. The van der Waals surface area contributed by atoms with Gasteiger partial charge in [0.1, 0.15) is 23.1 Å². The molecule has 3 aromatic rings. The molecule has 1 amide bonds. The molecule has 2 aliphatic rings. The molecule has 0 radical (unpaired) electrons. The minimum absolute atomic E-state index is 0.0676. The van der Waals surface area contributed by atoms with Crippen molar-refractivity contribution in [1.82, 2.24) is 14.5 Å². The number of thioether (sulfide) groups is 1. The predicted octanol–water partition coefficient (Wildman–Crippen LogP) is 6.30. The number of benzene rings is 2. The lowest BCUT2D eigenvalue weighted by Gasteiger charge is -2.41. The molecule has 0 aliphatic carbocycles. The van der Waals surface area contributed by atoms with E-state index in [-0.39, 0.29) is 47.8 Å². The summed E-state index contributed by atoms with van der Waals surface area (Å²) in [5, 5.41) is 0.102. The molecule has 2 aliphatic heterocycles. The van der Waals surface area contributed by atoms with Gasteiger partial charge in [0.15, 0.2) is 0 Å². The van der Waals surface area contributed by atoms with Crippen molar-refractivity contribution >= 4 is 34.6 Å². The molecule has 0 bridgehead atoms. The number of hydrogen-bond acceptors (Lipinski definition) is 6. The van der Waals surface area contributed by atoms with Crippen LogP contribution >= 0.6 is 11.8 Å². The van der Waals surface area contributed by atoms with E-state index in [2.05, 4.69) is 4.98 Å². The Balaban J connectivity index is 1.71. The van der Waals surface area contributed by atoms with Crippen molar-refractivity contribution in [3.63, 3.8) is 0 Å². The Kier molecular flexibility index (Phi) is 7.46. The van der Waals surface area contributed by atoms with Crippen LogP contribution in [0.1, 0.15) is 39.7 Å². The summed E-state index contributed by atoms with van der Waals surface area (Å²) in [7, 11) is 0. The Morgan fingerprint density at radius 2 is 1.83 bits per heavy atom. The number of carbonyl (C=O) groups excluding carboxylic acids is 1. The van der Waals surface area contributed by atoms with E-state index in [4.69, 9.17) is 4.74 Å². The molecule has 0 saturated carbocycles. The third kappa shape index (κ3) is 5.60. The van der Waals surface area contributed by atoms with Gasteiger partial charge >= 0.3 is 18.0 Å². The number of amides is 1. The second kappa shape index (κ2) is 10.5. The zero-order chi connectivity index (χ0) is 29.9. The molecule has 13 heteroatoms. The van der Waals surface area contributed by atoms with Crippen molar-refractivity contribution in [2.24, 2.45) is 0 Å². The summed E-state index contributed by atoms with van der Waals surface area (Å²) >= 11 is 1.11. The van der Waals surface area contributed by atoms with E-state index >= 15 is 0 Å². The lowest BCUT2D eigenvalue weighted by atomic mass is 9.95. The van der Waals surface area contributed by atoms with E-state index in [0.717, 1.165) is 30.0 Å². The number of aromatic nitrogens is 2. The van der Waals surface area contributed by atoms with Crippen molar-refractivity contribution < 1.29 is 31.5 Å². The molecule has 1 aromatic heterocycles. The highest BCUT2D eigenvalue weighted by Crippen LogP contribution is 2.48. The fourth-order valence-electron chi connectivity index (χ4n) is 5.30. The van der Waals surface area contributed by atoms with Gasteiger partial charge in [0.2, 0.25) is 0 Å². The Morgan fingerprint density at radius 3 is 2.46 bits per heavy atom. The van der Waals surface area contributed by atoms with Crippen LogP contribution in [-0.2, 0) is 17.5 Å². The van der Waals surface area contributed by atoms with Crippen LogP contribution in [-0.4, -0.2) is 57.6 Å². The lowest BCUT2D eigenvalue weighted by molar-refractivity contribution is -0.137. The smallest absolute Gasteiger partial charge is 0.417 e. The average molecular weight is 597 g/mol. The summed E-state index contributed by atoms with van der Waals surface area (Å²) < 4.78 is 79.5. The minimum atomic E-state index is -4.90. The maximum atomic E-state index is 15.0. The fraction of sp³-hybridized carbons (Fsp3) is 0.464. The first kappa shape index (κ1) is 29.2. The van der Waals surface area contributed by atoms with E-state index in [1.54, 1.807) is 32.6 Å². The summed E-state index contributed by atoms with van der Waals surface area (Å²) in [6.45, 7) is 7.87. The van der Waals surface area contributed by atoms with Crippen molar-refractivity contribution in [2.45, 2.75) is 63.4 Å². The number of nitrogens with zero attached hydrogens (tertiary/aromatic N) is 4. The van der Waals surface area contributed by atoms with Gasteiger partial charge in [-0.1, -0.05) is 0 Å².